The maximum atomic E-state index is 13.0. The van der Waals surface area contributed by atoms with Crippen molar-refractivity contribution >= 4 is 29.3 Å². The van der Waals surface area contributed by atoms with Crippen LogP contribution in [0.3, 0.4) is 0 Å². The highest BCUT2D eigenvalue weighted by molar-refractivity contribution is 7.99. The van der Waals surface area contributed by atoms with E-state index in [9.17, 15) is 4.79 Å². The molecule has 0 N–H and O–H groups in total. The Morgan fingerprint density at radius 1 is 1.00 bits per heavy atom. The van der Waals surface area contributed by atoms with E-state index in [0.717, 1.165) is 42.4 Å². The van der Waals surface area contributed by atoms with E-state index >= 15 is 0 Å². The minimum Gasteiger partial charge on any atom is -0.337 e. The summed E-state index contributed by atoms with van der Waals surface area (Å²) in [5.74, 6) is 1.41. The first-order valence-corrected chi connectivity index (χ1v) is 12.6. The fourth-order valence-corrected chi connectivity index (χ4v) is 5.39. The van der Waals surface area contributed by atoms with Gasteiger partial charge in [-0.15, -0.1) is 10.2 Å². The van der Waals surface area contributed by atoms with Gasteiger partial charge in [-0.25, -0.2) is 0 Å². The van der Waals surface area contributed by atoms with Gasteiger partial charge in [0.2, 0.25) is 5.91 Å². The molecule has 1 aliphatic heterocycles. The van der Waals surface area contributed by atoms with E-state index in [1.165, 1.54) is 23.7 Å². The summed E-state index contributed by atoms with van der Waals surface area (Å²) in [5, 5.41) is 10.4. The molecule has 7 heteroatoms. The maximum Gasteiger partial charge on any atom is 0.233 e. The van der Waals surface area contributed by atoms with Crippen LogP contribution in [-0.4, -0.2) is 43.4 Å². The predicted octanol–water partition coefficient (Wildman–Crippen LogP) is 5.59. The summed E-state index contributed by atoms with van der Waals surface area (Å²) in [6.07, 6.45) is 4.97. The highest BCUT2D eigenvalue weighted by Crippen LogP contribution is 2.27. The molecule has 0 bridgehead atoms. The summed E-state index contributed by atoms with van der Waals surface area (Å²) < 4.78 is 2.06. The first kappa shape index (κ1) is 22.9. The van der Waals surface area contributed by atoms with E-state index in [1.807, 2.05) is 30.3 Å². The maximum absolute atomic E-state index is 13.0. The Kier molecular flexibility index (Phi) is 7.53. The van der Waals surface area contributed by atoms with E-state index in [0.29, 0.717) is 22.9 Å². The molecule has 32 heavy (non-hydrogen) atoms. The fourth-order valence-electron chi connectivity index (χ4n) is 4.42. The van der Waals surface area contributed by atoms with Gasteiger partial charge < -0.3 is 4.90 Å². The molecule has 2 atom stereocenters. The monoisotopic (exact) mass is 468 g/mol. The van der Waals surface area contributed by atoms with Crippen molar-refractivity contribution in [3.63, 3.8) is 0 Å². The third-order valence-corrected chi connectivity index (χ3v) is 7.24. The molecule has 2 heterocycles. The molecule has 1 aliphatic rings. The highest BCUT2D eigenvalue weighted by atomic mass is 35.5. The molecule has 3 aromatic rings. The number of aryl methyl sites for hydroxylation is 2. The van der Waals surface area contributed by atoms with Crippen LogP contribution in [0.5, 0.6) is 0 Å². The number of thioether (sulfide) groups is 1. The van der Waals surface area contributed by atoms with Crippen molar-refractivity contribution in [2.45, 2.75) is 63.2 Å². The van der Waals surface area contributed by atoms with Gasteiger partial charge in [0, 0.05) is 29.2 Å². The van der Waals surface area contributed by atoms with Gasteiger partial charge in [0.25, 0.3) is 0 Å². The second kappa shape index (κ2) is 10.5. The van der Waals surface area contributed by atoms with Gasteiger partial charge in [-0.3, -0.25) is 9.36 Å². The van der Waals surface area contributed by atoms with Crippen LogP contribution >= 0.6 is 23.4 Å². The van der Waals surface area contributed by atoms with Gasteiger partial charge in [-0.2, -0.15) is 0 Å². The zero-order chi connectivity index (χ0) is 22.5. The average Bonchev–Trinajstić information content (AvgIpc) is 3.20. The lowest BCUT2D eigenvalue weighted by Gasteiger charge is -2.39. The van der Waals surface area contributed by atoms with Crippen molar-refractivity contribution < 1.29 is 4.79 Å². The normalized spacial score (nSPS) is 18.7. The SMILES string of the molecule is CC1CCCC(C)N1C(=O)CSc1nnc(CCc2ccccc2)n1-c1ccc(Cl)cc1. The fraction of sp³-hybridized carbons (Fsp3) is 0.400. The molecule has 0 saturated carbocycles. The molecular weight excluding hydrogens is 440 g/mol. The number of rotatable bonds is 7. The quantitative estimate of drug-likeness (QED) is 0.424. The summed E-state index contributed by atoms with van der Waals surface area (Å²) in [6, 6.07) is 18.6. The van der Waals surface area contributed by atoms with Crippen LogP contribution in [-0.2, 0) is 17.6 Å². The Hall–Kier alpha value is -2.31. The zero-order valence-electron chi connectivity index (χ0n) is 18.6. The number of benzene rings is 2. The standard InChI is InChI=1S/C25H29ClN4OS/c1-18-7-6-8-19(2)29(18)24(31)17-32-25-28-27-23(16-11-20-9-4-3-5-10-20)30(25)22-14-12-21(26)13-15-22/h3-5,9-10,12-15,18-19H,6-8,11,16-17H2,1-2H3. The number of piperidine rings is 1. The van der Waals surface area contributed by atoms with Crippen LogP contribution in [0.25, 0.3) is 5.69 Å². The number of carbonyl (C=O) groups excluding carboxylic acids is 1. The molecule has 0 aliphatic carbocycles. The minimum atomic E-state index is 0.172. The van der Waals surface area contributed by atoms with Gasteiger partial charge in [-0.1, -0.05) is 53.7 Å². The largest absolute Gasteiger partial charge is 0.337 e. The molecule has 1 saturated heterocycles. The Morgan fingerprint density at radius 3 is 2.38 bits per heavy atom. The average molecular weight is 469 g/mol. The summed E-state index contributed by atoms with van der Waals surface area (Å²) in [4.78, 5) is 15.1. The Morgan fingerprint density at radius 2 is 1.69 bits per heavy atom. The lowest BCUT2D eigenvalue weighted by molar-refractivity contribution is -0.134. The number of halogens is 1. The second-order valence-electron chi connectivity index (χ2n) is 8.41. The highest BCUT2D eigenvalue weighted by Gasteiger charge is 2.29. The molecule has 2 aromatic carbocycles. The molecule has 2 unspecified atom stereocenters. The zero-order valence-corrected chi connectivity index (χ0v) is 20.1. The van der Waals surface area contributed by atoms with Crippen LogP contribution in [0, 0.1) is 0 Å². The van der Waals surface area contributed by atoms with Crippen molar-refractivity contribution in [3.8, 4) is 5.69 Å². The van der Waals surface area contributed by atoms with E-state index in [4.69, 9.17) is 11.6 Å². The molecule has 5 nitrogen and oxygen atoms in total. The van der Waals surface area contributed by atoms with E-state index in [1.54, 1.807) is 0 Å². The Bertz CT molecular complexity index is 1030. The van der Waals surface area contributed by atoms with E-state index in [2.05, 4.69) is 57.8 Å². The van der Waals surface area contributed by atoms with Crippen LogP contribution in [0.2, 0.25) is 5.02 Å². The van der Waals surface area contributed by atoms with E-state index < -0.39 is 0 Å². The molecule has 1 fully saturated rings. The lowest BCUT2D eigenvalue weighted by Crippen LogP contribution is -2.48. The molecule has 1 aromatic heterocycles. The first-order chi connectivity index (χ1) is 15.5. The molecule has 168 valence electrons. The van der Waals surface area contributed by atoms with Crippen molar-refractivity contribution in [2.75, 3.05) is 5.75 Å². The number of aromatic nitrogens is 3. The third-order valence-electron chi connectivity index (χ3n) is 6.07. The lowest BCUT2D eigenvalue weighted by atomic mass is 9.98. The van der Waals surface area contributed by atoms with Crippen LogP contribution in [0.1, 0.15) is 44.5 Å². The minimum absolute atomic E-state index is 0.172. The number of nitrogens with zero attached hydrogens (tertiary/aromatic N) is 4. The van der Waals surface area contributed by atoms with Crippen molar-refractivity contribution in [3.05, 3.63) is 71.0 Å². The van der Waals surface area contributed by atoms with Crippen LogP contribution in [0.4, 0.5) is 0 Å². The van der Waals surface area contributed by atoms with E-state index in [-0.39, 0.29) is 5.91 Å². The van der Waals surface area contributed by atoms with Crippen LogP contribution < -0.4 is 0 Å². The van der Waals surface area contributed by atoms with Gasteiger partial charge in [0.15, 0.2) is 5.16 Å². The molecule has 4 rings (SSSR count). The molecule has 0 radical (unpaired) electrons. The Labute approximate surface area is 199 Å². The summed E-state index contributed by atoms with van der Waals surface area (Å²) in [5.41, 5.74) is 2.22. The number of carbonyl (C=O) groups is 1. The smallest absolute Gasteiger partial charge is 0.233 e. The van der Waals surface area contributed by atoms with Crippen molar-refractivity contribution in [1.29, 1.82) is 0 Å². The molecule has 0 spiro atoms. The first-order valence-electron chi connectivity index (χ1n) is 11.2. The number of amides is 1. The summed E-state index contributed by atoms with van der Waals surface area (Å²) >= 11 is 7.57. The van der Waals surface area contributed by atoms with Gasteiger partial charge in [-0.05, 0) is 69.4 Å². The molecular formula is C25H29ClN4OS. The number of likely N-dealkylation sites (tertiary alicyclic amines) is 1. The Balaban J connectivity index is 1.54. The predicted molar refractivity (Wildman–Crippen MR) is 131 cm³/mol. The second-order valence-corrected chi connectivity index (χ2v) is 9.79. The summed E-state index contributed by atoms with van der Waals surface area (Å²) in [7, 11) is 0. The topological polar surface area (TPSA) is 51.0 Å². The third kappa shape index (κ3) is 5.36. The van der Waals surface area contributed by atoms with Gasteiger partial charge in [0.1, 0.15) is 5.82 Å². The molecule has 1 amide bonds. The van der Waals surface area contributed by atoms with Gasteiger partial charge in [0.05, 0.1) is 5.75 Å². The van der Waals surface area contributed by atoms with Crippen molar-refractivity contribution in [2.24, 2.45) is 0 Å². The summed E-state index contributed by atoms with van der Waals surface area (Å²) in [6.45, 7) is 4.30. The number of hydrogen-bond acceptors (Lipinski definition) is 4. The van der Waals surface area contributed by atoms with Gasteiger partial charge >= 0.3 is 0 Å². The van der Waals surface area contributed by atoms with Crippen LogP contribution in [0.15, 0.2) is 59.8 Å². The number of hydrogen-bond donors (Lipinski definition) is 0. The van der Waals surface area contributed by atoms with Crippen molar-refractivity contribution in [1.82, 2.24) is 19.7 Å².